The summed E-state index contributed by atoms with van der Waals surface area (Å²) < 4.78 is 0. The van der Waals surface area contributed by atoms with Crippen molar-refractivity contribution in [2.45, 2.75) is 4.90 Å². The van der Waals surface area contributed by atoms with Gasteiger partial charge in [-0.3, -0.25) is 0 Å². The van der Waals surface area contributed by atoms with Crippen LogP contribution in [0.25, 0.3) is 0 Å². The van der Waals surface area contributed by atoms with Gasteiger partial charge in [-0.25, -0.2) is 0 Å². The minimum Gasteiger partial charge on any atom is -0.380 e. The Morgan fingerprint density at radius 2 is 2.18 bits per heavy atom. The van der Waals surface area contributed by atoms with Gasteiger partial charge in [-0.15, -0.1) is 0 Å². The molecule has 0 aromatic heterocycles. The van der Waals surface area contributed by atoms with Crippen LogP contribution in [0.4, 0.5) is 5.69 Å². The minimum atomic E-state index is 0.891. The first kappa shape index (κ1) is 6.80. The zero-order valence-electron chi connectivity index (χ0n) is 6.13. The van der Waals surface area contributed by atoms with Crippen LogP contribution in [0.15, 0.2) is 40.6 Å². The molecule has 0 spiro atoms. The summed E-state index contributed by atoms with van der Waals surface area (Å²) in [5.74, 6) is 0. The fourth-order valence-corrected chi connectivity index (χ4v) is 1.94. The topological polar surface area (TPSA) is 12.0 Å². The lowest BCUT2D eigenvalue weighted by molar-refractivity contribution is 1.24. The average molecular weight is 163 g/mol. The molecule has 0 saturated carbocycles. The normalized spacial score (nSPS) is 15.5. The highest BCUT2D eigenvalue weighted by Gasteiger charge is 2.09. The highest BCUT2D eigenvalue weighted by Crippen LogP contribution is 2.35. The lowest BCUT2D eigenvalue weighted by atomic mass is 10.3. The van der Waals surface area contributed by atoms with E-state index in [0.29, 0.717) is 0 Å². The second kappa shape index (κ2) is 2.62. The summed E-state index contributed by atoms with van der Waals surface area (Å²) in [5, 5.41) is 3.29. The fraction of sp³-hybridized carbons (Fsp3) is 0.111. The first-order chi connectivity index (χ1) is 5.36. The molecule has 1 aromatic carbocycles. The van der Waals surface area contributed by atoms with E-state index in [0.717, 1.165) is 6.54 Å². The monoisotopic (exact) mass is 163 g/mol. The molecular weight excluding hydrogens is 154 g/mol. The number of para-hydroxylation sites is 1. The molecule has 0 atom stereocenters. The number of hydrogen-bond donors (Lipinski definition) is 1. The summed E-state index contributed by atoms with van der Waals surface area (Å²) in [6, 6.07) is 8.29. The van der Waals surface area contributed by atoms with E-state index < -0.39 is 0 Å². The molecule has 56 valence electrons. The van der Waals surface area contributed by atoms with Gasteiger partial charge in [0.15, 0.2) is 0 Å². The van der Waals surface area contributed by atoms with Crippen molar-refractivity contribution in [3.63, 3.8) is 0 Å². The van der Waals surface area contributed by atoms with Gasteiger partial charge < -0.3 is 5.32 Å². The lowest BCUT2D eigenvalue weighted by Crippen LogP contribution is -2.07. The van der Waals surface area contributed by atoms with Crippen LogP contribution in [0.3, 0.4) is 0 Å². The van der Waals surface area contributed by atoms with E-state index in [-0.39, 0.29) is 0 Å². The van der Waals surface area contributed by atoms with E-state index in [1.54, 1.807) is 11.8 Å². The molecule has 1 aliphatic rings. The maximum Gasteiger partial charge on any atom is 0.0484 e. The van der Waals surface area contributed by atoms with Gasteiger partial charge in [0.2, 0.25) is 0 Å². The SMILES string of the molecule is C=C1CNc2ccccc2S1. The average Bonchev–Trinajstić information content (AvgIpc) is 2.04. The summed E-state index contributed by atoms with van der Waals surface area (Å²) in [5.41, 5.74) is 1.23. The van der Waals surface area contributed by atoms with Gasteiger partial charge in [0.25, 0.3) is 0 Å². The van der Waals surface area contributed by atoms with Gasteiger partial charge in [-0.2, -0.15) is 0 Å². The lowest BCUT2D eigenvalue weighted by Gasteiger charge is -2.18. The molecule has 0 aliphatic carbocycles. The van der Waals surface area contributed by atoms with E-state index in [4.69, 9.17) is 0 Å². The van der Waals surface area contributed by atoms with Crippen molar-refractivity contribution < 1.29 is 0 Å². The van der Waals surface area contributed by atoms with Crippen molar-refractivity contribution in [1.29, 1.82) is 0 Å². The van der Waals surface area contributed by atoms with Crippen LogP contribution in [-0.4, -0.2) is 6.54 Å². The molecule has 0 bridgehead atoms. The number of rotatable bonds is 0. The second-order valence-corrected chi connectivity index (χ2v) is 3.71. The van der Waals surface area contributed by atoms with Gasteiger partial charge in [0, 0.05) is 22.0 Å². The molecule has 1 N–H and O–H groups in total. The maximum atomic E-state index is 3.91. The molecule has 2 heteroatoms. The third-order valence-corrected chi connectivity index (χ3v) is 2.63. The summed E-state index contributed by atoms with van der Waals surface area (Å²) in [6.07, 6.45) is 0. The van der Waals surface area contributed by atoms with E-state index in [1.165, 1.54) is 15.5 Å². The molecule has 1 nitrogen and oxygen atoms in total. The fourth-order valence-electron chi connectivity index (χ4n) is 1.09. The molecule has 0 saturated heterocycles. The number of anilines is 1. The quantitative estimate of drug-likeness (QED) is 0.631. The first-order valence-electron chi connectivity index (χ1n) is 3.55. The molecule has 0 unspecified atom stereocenters. The van der Waals surface area contributed by atoms with Gasteiger partial charge in [0.05, 0.1) is 0 Å². The number of hydrogen-bond acceptors (Lipinski definition) is 2. The Morgan fingerprint density at radius 3 is 3.09 bits per heavy atom. The zero-order chi connectivity index (χ0) is 7.68. The van der Waals surface area contributed by atoms with Gasteiger partial charge >= 0.3 is 0 Å². The summed E-state index contributed by atoms with van der Waals surface area (Å²) >= 11 is 1.75. The molecular formula is C9H9NS. The van der Waals surface area contributed by atoms with Crippen LogP contribution in [0, 0.1) is 0 Å². The molecule has 0 radical (unpaired) electrons. The minimum absolute atomic E-state index is 0.891. The Balaban J connectivity index is 2.41. The molecule has 1 heterocycles. The maximum absolute atomic E-state index is 3.91. The van der Waals surface area contributed by atoms with E-state index in [9.17, 15) is 0 Å². The summed E-state index contributed by atoms with van der Waals surface area (Å²) in [4.78, 5) is 2.47. The van der Waals surface area contributed by atoms with Gasteiger partial charge in [0.1, 0.15) is 0 Å². The predicted octanol–water partition coefficient (Wildman–Crippen LogP) is 2.72. The molecule has 11 heavy (non-hydrogen) atoms. The van der Waals surface area contributed by atoms with Crippen molar-refractivity contribution in [3.8, 4) is 0 Å². The van der Waals surface area contributed by atoms with Crippen molar-refractivity contribution in [3.05, 3.63) is 35.7 Å². The standard InChI is InChI=1S/C9H9NS/c1-7-6-10-8-4-2-3-5-9(8)11-7/h2-5,10H,1,6H2. The highest BCUT2D eigenvalue weighted by atomic mass is 32.2. The number of fused-ring (bicyclic) bond motifs is 1. The molecule has 0 amide bonds. The van der Waals surface area contributed by atoms with Crippen molar-refractivity contribution in [2.75, 3.05) is 11.9 Å². The number of benzene rings is 1. The second-order valence-electron chi connectivity index (χ2n) is 2.49. The van der Waals surface area contributed by atoms with Crippen molar-refractivity contribution in [2.24, 2.45) is 0 Å². The number of nitrogens with one attached hydrogen (secondary N) is 1. The predicted molar refractivity (Wildman–Crippen MR) is 49.9 cm³/mol. The smallest absolute Gasteiger partial charge is 0.0484 e. The third kappa shape index (κ3) is 1.26. The number of thioether (sulfide) groups is 1. The molecule has 2 rings (SSSR count). The van der Waals surface area contributed by atoms with E-state index in [2.05, 4.69) is 24.0 Å². The molecule has 1 aromatic rings. The Bertz CT molecular complexity index is 293. The highest BCUT2D eigenvalue weighted by molar-refractivity contribution is 8.03. The molecule has 1 aliphatic heterocycles. The Hall–Kier alpha value is -0.890. The Morgan fingerprint density at radius 1 is 1.36 bits per heavy atom. The first-order valence-corrected chi connectivity index (χ1v) is 4.36. The van der Waals surface area contributed by atoms with Crippen molar-refractivity contribution in [1.82, 2.24) is 0 Å². The molecule has 0 fully saturated rings. The van der Waals surface area contributed by atoms with Crippen LogP contribution in [0.5, 0.6) is 0 Å². The summed E-state index contributed by atoms with van der Waals surface area (Å²) in [6.45, 7) is 4.80. The largest absolute Gasteiger partial charge is 0.380 e. The Kier molecular flexibility index (Phi) is 1.62. The summed E-state index contributed by atoms with van der Waals surface area (Å²) in [7, 11) is 0. The van der Waals surface area contributed by atoms with Crippen LogP contribution >= 0.6 is 11.8 Å². The third-order valence-electron chi connectivity index (χ3n) is 1.62. The van der Waals surface area contributed by atoms with Crippen molar-refractivity contribution >= 4 is 17.4 Å². The van der Waals surface area contributed by atoms with E-state index >= 15 is 0 Å². The van der Waals surface area contributed by atoms with Gasteiger partial charge in [-0.1, -0.05) is 30.5 Å². The Labute approximate surface area is 70.5 Å². The zero-order valence-corrected chi connectivity index (χ0v) is 6.95. The van der Waals surface area contributed by atoms with Crippen LogP contribution < -0.4 is 5.32 Å². The van der Waals surface area contributed by atoms with Crippen LogP contribution in [0.2, 0.25) is 0 Å². The van der Waals surface area contributed by atoms with Crippen LogP contribution in [-0.2, 0) is 0 Å². The van der Waals surface area contributed by atoms with E-state index in [1.807, 2.05) is 12.1 Å². The van der Waals surface area contributed by atoms with Crippen LogP contribution in [0.1, 0.15) is 0 Å². The van der Waals surface area contributed by atoms with Gasteiger partial charge in [-0.05, 0) is 12.1 Å².